The van der Waals surface area contributed by atoms with Crippen molar-refractivity contribution in [3.63, 3.8) is 0 Å². The molecular formula is C28H20N2O3. The van der Waals surface area contributed by atoms with Crippen LogP contribution in [-0.2, 0) is 4.79 Å². The van der Waals surface area contributed by atoms with Gasteiger partial charge >= 0.3 is 5.97 Å². The average molecular weight is 432 g/mol. The molecular weight excluding hydrogens is 412 g/mol. The Balaban J connectivity index is 1.46. The fourth-order valence-electron chi connectivity index (χ4n) is 4.09. The molecule has 0 atom stereocenters. The van der Waals surface area contributed by atoms with Crippen molar-refractivity contribution in [2.24, 2.45) is 0 Å². The Kier molecular flexibility index (Phi) is 5.26. The van der Waals surface area contributed by atoms with E-state index in [1.807, 2.05) is 54.6 Å². The van der Waals surface area contributed by atoms with Crippen molar-refractivity contribution in [2.75, 3.05) is 11.9 Å². The maximum Gasteiger partial charge on any atom is 0.305 e. The van der Waals surface area contributed by atoms with Crippen molar-refractivity contribution in [3.05, 3.63) is 90.5 Å². The Bertz CT molecular complexity index is 1530. The molecule has 0 saturated heterocycles. The number of fused-ring (bicyclic) bond motifs is 3. The summed E-state index contributed by atoms with van der Waals surface area (Å²) in [7, 11) is 0. The second-order valence-electron chi connectivity index (χ2n) is 7.80. The second kappa shape index (κ2) is 8.52. The van der Waals surface area contributed by atoms with Gasteiger partial charge in [-0.1, -0.05) is 66.7 Å². The van der Waals surface area contributed by atoms with Gasteiger partial charge in [0.05, 0.1) is 17.7 Å². The summed E-state index contributed by atoms with van der Waals surface area (Å²) in [5, 5.41) is 23.6. The summed E-state index contributed by atoms with van der Waals surface area (Å²) < 4.78 is 6.16. The molecule has 0 spiro atoms. The van der Waals surface area contributed by atoms with Gasteiger partial charge in [0.1, 0.15) is 17.2 Å². The number of hydrogen-bond donors (Lipinski definition) is 2. The molecule has 0 aliphatic carbocycles. The molecule has 0 unspecified atom stereocenters. The fourth-order valence-corrected chi connectivity index (χ4v) is 4.09. The zero-order valence-electron chi connectivity index (χ0n) is 17.7. The summed E-state index contributed by atoms with van der Waals surface area (Å²) in [6, 6.07) is 30.2. The van der Waals surface area contributed by atoms with Gasteiger partial charge in [-0.15, -0.1) is 0 Å². The highest BCUT2D eigenvalue weighted by Gasteiger charge is 2.12. The molecule has 0 aliphatic heterocycles. The minimum absolute atomic E-state index is 0.00787. The number of nitrogens with zero attached hydrogens (tertiary/aromatic N) is 1. The van der Waals surface area contributed by atoms with Crippen molar-refractivity contribution in [1.82, 2.24) is 0 Å². The molecule has 0 saturated carbocycles. The van der Waals surface area contributed by atoms with E-state index in [4.69, 9.17) is 9.52 Å². The van der Waals surface area contributed by atoms with Crippen LogP contribution in [0, 0.1) is 11.3 Å². The minimum atomic E-state index is -0.879. The normalized spacial score (nSPS) is 10.9. The lowest BCUT2D eigenvalue weighted by atomic mass is 9.97. The lowest BCUT2D eigenvalue weighted by Crippen LogP contribution is -2.08. The SMILES string of the molecule is N#Cc1cc(-c2ccc(-c3cccc4c3oc3ccccc34)cc2)ccc1NCCC(=O)O. The number of furan rings is 1. The van der Waals surface area contributed by atoms with E-state index >= 15 is 0 Å². The Morgan fingerprint density at radius 3 is 2.39 bits per heavy atom. The van der Waals surface area contributed by atoms with Gasteiger partial charge < -0.3 is 14.8 Å². The van der Waals surface area contributed by atoms with E-state index in [0.29, 0.717) is 11.3 Å². The summed E-state index contributed by atoms with van der Waals surface area (Å²) in [6.07, 6.45) is -0.00787. The van der Waals surface area contributed by atoms with E-state index < -0.39 is 5.97 Å². The number of anilines is 1. The lowest BCUT2D eigenvalue weighted by molar-refractivity contribution is -0.136. The summed E-state index contributed by atoms with van der Waals surface area (Å²) in [4.78, 5) is 10.7. The number of aliphatic carboxylic acids is 1. The lowest BCUT2D eigenvalue weighted by Gasteiger charge is -2.10. The highest BCUT2D eigenvalue weighted by molar-refractivity contribution is 6.09. The van der Waals surface area contributed by atoms with Crippen LogP contribution < -0.4 is 5.32 Å². The molecule has 5 aromatic rings. The van der Waals surface area contributed by atoms with Crippen LogP contribution in [0.3, 0.4) is 0 Å². The number of nitrogens with one attached hydrogen (secondary N) is 1. The van der Waals surface area contributed by atoms with E-state index in [-0.39, 0.29) is 13.0 Å². The molecule has 0 amide bonds. The molecule has 0 aliphatic rings. The first-order chi connectivity index (χ1) is 16.1. The highest BCUT2D eigenvalue weighted by atomic mass is 16.4. The van der Waals surface area contributed by atoms with E-state index in [2.05, 4.69) is 41.7 Å². The van der Waals surface area contributed by atoms with Gasteiger partial charge in [0, 0.05) is 22.9 Å². The largest absolute Gasteiger partial charge is 0.481 e. The van der Waals surface area contributed by atoms with Gasteiger partial charge in [-0.2, -0.15) is 5.26 Å². The predicted molar refractivity (Wildman–Crippen MR) is 130 cm³/mol. The third kappa shape index (κ3) is 3.90. The number of carboxylic acids is 1. The Morgan fingerprint density at radius 1 is 0.879 bits per heavy atom. The average Bonchev–Trinajstić information content (AvgIpc) is 3.23. The fraction of sp³-hybridized carbons (Fsp3) is 0.0714. The number of rotatable bonds is 6. The van der Waals surface area contributed by atoms with Crippen LogP contribution in [0.15, 0.2) is 89.3 Å². The smallest absolute Gasteiger partial charge is 0.305 e. The molecule has 5 heteroatoms. The van der Waals surface area contributed by atoms with Crippen molar-refractivity contribution in [1.29, 1.82) is 5.26 Å². The van der Waals surface area contributed by atoms with Crippen LogP contribution in [0.1, 0.15) is 12.0 Å². The zero-order valence-corrected chi connectivity index (χ0v) is 17.7. The predicted octanol–water partition coefficient (Wildman–Crippen LogP) is 6.68. The zero-order chi connectivity index (χ0) is 22.8. The van der Waals surface area contributed by atoms with E-state index in [9.17, 15) is 10.1 Å². The summed E-state index contributed by atoms with van der Waals surface area (Å²) in [6.45, 7) is 0.269. The summed E-state index contributed by atoms with van der Waals surface area (Å²) in [5.41, 5.74) is 6.85. The maximum atomic E-state index is 10.7. The number of nitriles is 1. The van der Waals surface area contributed by atoms with Gasteiger partial charge in [0.15, 0.2) is 0 Å². The molecule has 0 radical (unpaired) electrons. The molecule has 5 rings (SSSR count). The van der Waals surface area contributed by atoms with Crippen LogP contribution >= 0.6 is 0 Å². The standard InChI is InChI=1S/C28H20N2O3/c29-17-21-16-20(12-13-25(21)30-15-14-27(31)32)18-8-10-19(11-9-18)22-5-3-6-24-23-4-1-2-7-26(23)33-28(22)24/h1-13,16,30H,14-15H2,(H,31,32). The Hall–Kier alpha value is -4.56. The minimum Gasteiger partial charge on any atom is -0.481 e. The molecule has 0 fully saturated rings. The first kappa shape index (κ1) is 20.3. The van der Waals surface area contributed by atoms with Crippen molar-refractivity contribution in [3.8, 4) is 28.3 Å². The first-order valence-electron chi connectivity index (χ1n) is 10.6. The molecule has 160 valence electrons. The monoisotopic (exact) mass is 432 g/mol. The van der Waals surface area contributed by atoms with Crippen LogP contribution in [0.2, 0.25) is 0 Å². The van der Waals surface area contributed by atoms with Gasteiger partial charge in [0.2, 0.25) is 0 Å². The summed E-state index contributed by atoms with van der Waals surface area (Å²) in [5.74, 6) is -0.879. The maximum absolute atomic E-state index is 10.7. The first-order valence-corrected chi connectivity index (χ1v) is 10.6. The van der Waals surface area contributed by atoms with Crippen LogP contribution in [0.25, 0.3) is 44.2 Å². The third-order valence-corrected chi connectivity index (χ3v) is 5.73. The summed E-state index contributed by atoms with van der Waals surface area (Å²) >= 11 is 0. The molecule has 2 N–H and O–H groups in total. The quantitative estimate of drug-likeness (QED) is 0.313. The highest BCUT2D eigenvalue weighted by Crippen LogP contribution is 2.36. The van der Waals surface area contributed by atoms with Gasteiger partial charge in [-0.05, 0) is 34.9 Å². The van der Waals surface area contributed by atoms with Crippen LogP contribution in [0.4, 0.5) is 5.69 Å². The number of para-hydroxylation sites is 2. The number of carbonyl (C=O) groups is 1. The van der Waals surface area contributed by atoms with Crippen LogP contribution in [0.5, 0.6) is 0 Å². The molecule has 1 heterocycles. The van der Waals surface area contributed by atoms with Gasteiger partial charge in [-0.25, -0.2) is 0 Å². The molecule has 1 aromatic heterocycles. The molecule has 0 bridgehead atoms. The molecule has 5 nitrogen and oxygen atoms in total. The number of hydrogen-bond acceptors (Lipinski definition) is 4. The number of carboxylic acid groups (broad SMARTS) is 1. The van der Waals surface area contributed by atoms with Crippen molar-refractivity contribution < 1.29 is 14.3 Å². The Labute approximate surface area is 190 Å². The number of benzene rings is 4. The topological polar surface area (TPSA) is 86.3 Å². The van der Waals surface area contributed by atoms with E-state index in [1.165, 1.54) is 0 Å². The Morgan fingerprint density at radius 2 is 1.61 bits per heavy atom. The van der Waals surface area contributed by atoms with Crippen LogP contribution in [-0.4, -0.2) is 17.6 Å². The molecule has 33 heavy (non-hydrogen) atoms. The van der Waals surface area contributed by atoms with Crippen molar-refractivity contribution in [2.45, 2.75) is 6.42 Å². The third-order valence-electron chi connectivity index (χ3n) is 5.73. The van der Waals surface area contributed by atoms with Gasteiger partial charge in [-0.3, -0.25) is 4.79 Å². The van der Waals surface area contributed by atoms with E-state index in [0.717, 1.165) is 44.2 Å². The van der Waals surface area contributed by atoms with Gasteiger partial charge in [0.25, 0.3) is 0 Å². The van der Waals surface area contributed by atoms with Crippen molar-refractivity contribution >= 4 is 33.6 Å². The van der Waals surface area contributed by atoms with E-state index in [1.54, 1.807) is 0 Å². The molecule has 4 aromatic carbocycles. The second-order valence-corrected chi connectivity index (χ2v) is 7.80.